The summed E-state index contributed by atoms with van der Waals surface area (Å²) in [5, 5.41) is 2.83. The third-order valence-corrected chi connectivity index (χ3v) is 7.34. The van der Waals surface area contributed by atoms with E-state index in [1.165, 1.54) is 12.1 Å². The second-order valence-electron chi connectivity index (χ2n) is 13.1. The van der Waals surface area contributed by atoms with Gasteiger partial charge in [0.1, 0.15) is 29.8 Å². The molecule has 1 heterocycles. The van der Waals surface area contributed by atoms with Crippen LogP contribution in [-0.4, -0.2) is 54.2 Å². The van der Waals surface area contributed by atoms with Gasteiger partial charge in [-0.15, -0.1) is 0 Å². The fraction of sp³-hybridized carbons (Fsp3) is 0.588. The highest BCUT2D eigenvalue weighted by Gasteiger charge is 2.33. The highest BCUT2D eigenvalue weighted by Crippen LogP contribution is 2.33. The highest BCUT2D eigenvalue weighted by atomic mass is 19.1. The zero-order chi connectivity index (χ0) is 30.9. The molecule has 8 heteroatoms. The fourth-order valence-electron chi connectivity index (χ4n) is 5.22. The molecule has 0 radical (unpaired) electrons. The Morgan fingerprint density at radius 3 is 2.24 bits per heavy atom. The number of rotatable bonds is 12. The molecule has 1 saturated heterocycles. The lowest BCUT2D eigenvalue weighted by Gasteiger charge is -2.41. The van der Waals surface area contributed by atoms with E-state index in [2.05, 4.69) is 30.1 Å². The standard InChI is InChI=1S/C34H50FN3O4/c1-24(2)16-21-38(30-10-8-9-11-31(30)41-23-26-12-14-27(35)15-13-26)28-17-19-37(20-18-28)32(39)29(22-25(3)4)36-33(40)42-34(5,6)7/h8-15,24-25,28-29H,16-23H2,1-7H3,(H,36,40). The predicted molar refractivity (Wildman–Crippen MR) is 166 cm³/mol. The Morgan fingerprint density at radius 2 is 1.64 bits per heavy atom. The minimum atomic E-state index is -0.633. The molecule has 0 aliphatic carbocycles. The van der Waals surface area contributed by atoms with Gasteiger partial charge in [0.05, 0.1) is 5.69 Å². The van der Waals surface area contributed by atoms with Crippen LogP contribution in [0.1, 0.15) is 79.7 Å². The first kappa shape index (κ1) is 33.2. The summed E-state index contributed by atoms with van der Waals surface area (Å²) in [6, 6.07) is 14.1. The first-order valence-electron chi connectivity index (χ1n) is 15.3. The molecule has 2 amide bonds. The summed E-state index contributed by atoms with van der Waals surface area (Å²) < 4.78 is 25.1. The van der Waals surface area contributed by atoms with E-state index in [1.54, 1.807) is 12.1 Å². The van der Waals surface area contributed by atoms with Crippen LogP contribution in [0, 0.1) is 17.7 Å². The van der Waals surface area contributed by atoms with Gasteiger partial charge < -0.3 is 24.6 Å². The number of halogens is 1. The van der Waals surface area contributed by atoms with Crippen molar-refractivity contribution in [3.05, 3.63) is 59.9 Å². The van der Waals surface area contributed by atoms with Crippen LogP contribution in [0.3, 0.4) is 0 Å². The largest absolute Gasteiger partial charge is 0.487 e. The van der Waals surface area contributed by atoms with Crippen LogP contribution in [0.25, 0.3) is 0 Å². The van der Waals surface area contributed by atoms with Crippen molar-refractivity contribution in [1.82, 2.24) is 10.2 Å². The van der Waals surface area contributed by atoms with Gasteiger partial charge in [-0.3, -0.25) is 4.79 Å². The lowest BCUT2D eigenvalue weighted by Crippen LogP contribution is -2.54. The molecule has 1 N–H and O–H groups in total. The lowest BCUT2D eigenvalue weighted by atomic mass is 9.98. The summed E-state index contributed by atoms with van der Waals surface area (Å²) in [7, 11) is 0. The molecule has 0 aromatic heterocycles. The number of benzene rings is 2. The van der Waals surface area contributed by atoms with Crippen molar-refractivity contribution in [1.29, 1.82) is 0 Å². The number of nitrogens with zero attached hydrogens (tertiary/aromatic N) is 2. The molecule has 1 aliphatic rings. The van der Waals surface area contributed by atoms with E-state index in [-0.39, 0.29) is 23.7 Å². The number of alkyl carbamates (subject to hydrolysis) is 1. The Hall–Kier alpha value is -3.29. The van der Waals surface area contributed by atoms with E-state index >= 15 is 0 Å². The number of amides is 2. The maximum Gasteiger partial charge on any atom is 0.408 e. The van der Waals surface area contributed by atoms with Gasteiger partial charge in [0, 0.05) is 25.7 Å². The zero-order valence-corrected chi connectivity index (χ0v) is 26.5. The van der Waals surface area contributed by atoms with Crippen molar-refractivity contribution < 1.29 is 23.5 Å². The monoisotopic (exact) mass is 583 g/mol. The normalized spacial score (nSPS) is 15.0. The number of para-hydroxylation sites is 2. The second kappa shape index (κ2) is 15.3. The van der Waals surface area contributed by atoms with E-state index in [0.29, 0.717) is 32.0 Å². The number of carbonyl (C=O) groups is 2. The molecule has 0 spiro atoms. The van der Waals surface area contributed by atoms with Crippen molar-refractivity contribution in [2.45, 2.75) is 98.4 Å². The Balaban J connectivity index is 1.71. The summed E-state index contributed by atoms with van der Waals surface area (Å²) in [5.74, 6) is 1.26. The molecule has 3 rings (SSSR count). The van der Waals surface area contributed by atoms with E-state index < -0.39 is 17.7 Å². The Morgan fingerprint density at radius 1 is 1.00 bits per heavy atom. The Bertz CT molecular complexity index is 1140. The van der Waals surface area contributed by atoms with Crippen molar-refractivity contribution in [2.75, 3.05) is 24.5 Å². The van der Waals surface area contributed by atoms with Gasteiger partial charge >= 0.3 is 6.09 Å². The highest BCUT2D eigenvalue weighted by molar-refractivity contribution is 5.86. The molecule has 2 aromatic rings. The minimum Gasteiger partial charge on any atom is -0.487 e. The van der Waals surface area contributed by atoms with Crippen LogP contribution in [0.5, 0.6) is 5.75 Å². The Labute approximate surface area is 251 Å². The van der Waals surface area contributed by atoms with Crippen LogP contribution in [-0.2, 0) is 16.1 Å². The third kappa shape index (κ3) is 10.5. The second-order valence-corrected chi connectivity index (χ2v) is 13.1. The lowest BCUT2D eigenvalue weighted by molar-refractivity contribution is -0.135. The summed E-state index contributed by atoms with van der Waals surface area (Å²) in [6.45, 7) is 16.4. The molecule has 1 unspecified atom stereocenters. The van der Waals surface area contributed by atoms with Crippen LogP contribution < -0.4 is 15.0 Å². The fourth-order valence-corrected chi connectivity index (χ4v) is 5.22. The first-order chi connectivity index (χ1) is 19.8. The molecular formula is C34H50FN3O4. The van der Waals surface area contributed by atoms with Crippen molar-refractivity contribution >= 4 is 17.7 Å². The van der Waals surface area contributed by atoms with Crippen LogP contribution in [0.4, 0.5) is 14.9 Å². The number of hydrogen-bond acceptors (Lipinski definition) is 5. The van der Waals surface area contributed by atoms with Gasteiger partial charge in [-0.1, -0.05) is 52.0 Å². The summed E-state index contributed by atoms with van der Waals surface area (Å²) in [6.07, 6.45) is 2.65. The van der Waals surface area contributed by atoms with E-state index in [1.807, 2.05) is 57.7 Å². The molecule has 0 saturated carbocycles. The number of piperidine rings is 1. The van der Waals surface area contributed by atoms with Crippen molar-refractivity contribution in [2.24, 2.45) is 11.8 Å². The number of likely N-dealkylation sites (tertiary alicyclic amines) is 1. The number of anilines is 1. The van der Waals surface area contributed by atoms with Gasteiger partial charge in [-0.05, 0) is 88.1 Å². The van der Waals surface area contributed by atoms with Gasteiger partial charge in [-0.25, -0.2) is 9.18 Å². The quantitative estimate of drug-likeness (QED) is 0.286. The third-order valence-electron chi connectivity index (χ3n) is 7.34. The molecule has 7 nitrogen and oxygen atoms in total. The molecule has 0 bridgehead atoms. The van der Waals surface area contributed by atoms with Gasteiger partial charge in [0.15, 0.2) is 0 Å². The molecule has 1 atom stereocenters. The molecule has 1 aliphatic heterocycles. The number of ether oxygens (including phenoxy) is 2. The van der Waals surface area contributed by atoms with Crippen molar-refractivity contribution in [3.63, 3.8) is 0 Å². The minimum absolute atomic E-state index is 0.0511. The predicted octanol–water partition coefficient (Wildman–Crippen LogP) is 7.19. The van der Waals surface area contributed by atoms with Crippen LogP contribution in [0.15, 0.2) is 48.5 Å². The number of carbonyl (C=O) groups excluding carboxylic acids is 2. The zero-order valence-electron chi connectivity index (χ0n) is 26.5. The summed E-state index contributed by atoms with van der Waals surface area (Å²) in [4.78, 5) is 30.4. The maximum absolute atomic E-state index is 13.6. The average molecular weight is 584 g/mol. The van der Waals surface area contributed by atoms with E-state index in [0.717, 1.165) is 42.8 Å². The number of hydrogen-bond donors (Lipinski definition) is 1. The van der Waals surface area contributed by atoms with Crippen LogP contribution in [0.2, 0.25) is 0 Å². The van der Waals surface area contributed by atoms with Gasteiger partial charge in [0.2, 0.25) is 5.91 Å². The first-order valence-corrected chi connectivity index (χ1v) is 15.3. The van der Waals surface area contributed by atoms with E-state index in [4.69, 9.17) is 9.47 Å². The molecule has 42 heavy (non-hydrogen) atoms. The smallest absolute Gasteiger partial charge is 0.408 e. The number of nitrogens with one attached hydrogen (secondary N) is 1. The van der Waals surface area contributed by atoms with Crippen LogP contribution >= 0.6 is 0 Å². The average Bonchev–Trinajstić information content (AvgIpc) is 2.91. The molecule has 1 fully saturated rings. The van der Waals surface area contributed by atoms with E-state index in [9.17, 15) is 14.0 Å². The molecule has 2 aromatic carbocycles. The topological polar surface area (TPSA) is 71.1 Å². The van der Waals surface area contributed by atoms with Gasteiger partial charge in [-0.2, -0.15) is 0 Å². The summed E-state index contributed by atoms with van der Waals surface area (Å²) >= 11 is 0. The van der Waals surface area contributed by atoms with Crippen molar-refractivity contribution in [3.8, 4) is 5.75 Å². The van der Waals surface area contributed by atoms with Gasteiger partial charge in [0.25, 0.3) is 0 Å². The molecular weight excluding hydrogens is 533 g/mol. The maximum atomic E-state index is 13.6. The Kier molecular flexibility index (Phi) is 12.1. The SMILES string of the molecule is CC(C)CCN(c1ccccc1OCc1ccc(F)cc1)C1CCN(C(=O)C(CC(C)C)NC(=O)OC(C)(C)C)CC1. The summed E-state index contributed by atoms with van der Waals surface area (Å²) in [5.41, 5.74) is 1.31. The molecule has 232 valence electrons.